The van der Waals surface area contributed by atoms with Gasteiger partial charge in [-0.15, -0.1) is 11.3 Å². The van der Waals surface area contributed by atoms with Crippen LogP contribution in [-0.4, -0.2) is 19.0 Å². The van der Waals surface area contributed by atoms with E-state index in [1.54, 1.807) is 0 Å². The number of hydrogen-bond acceptors (Lipinski definition) is 3. The summed E-state index contributed by atoms with van der Waals surface area (Å²) in [6.45, 7) is 4.87. The molecule has 1 aromatic heterocycles. The van der Waals surface area contributed by atoms with Crippen molar-refractivity contribution in [1.29, 1.82) is 0 Å². The van der Waals surface area contributed by atoms with Crippen LogP contribution in [0.4, 0.5) is 5.69 Å². The third-order valence-corrected chi connectivity index (χ3v) is 4.94. The van der Waals surface area contributed by atoms with Crippen LogP contribution in [0.15, 0.2) is 35.7 Å². The van der Waals surface area contributed by atoms with Crippen molar-refractivity contribution in [3.63, 3.8) is 0 Å². The molecule has 1 aliphatic rings. The molecule has 0 saturated carbocycles. The van der Waals surface area contributed by atoms with Gasteiger partial charge in [0.2, 0.25) is 0 Å². The minimum absolute atomic E-state index is 0.0196. The Morgan fingerprint density at radius 1 is 1.19 bits per heavy atom. The quantitative estimate of drug-likeness (QED) is 0.936. The smallest absolute Gasteiger partial charge is 0.261 e. The molecule has 3 rings (SSSR count). The first kappa shape index (κ1) is 14.1. The molecule has 0 radical (unpaired) electrons. The zero-order valence-electron chi connectivity index (χ0n) is 12.3. The van der Waals surface area contributed by atoms with E-state index in [0.29, 0.717) is 6.54 Å². The highest BCUT2D eigenvalue weighted by atomic mass is 32.1. The Balaban J connectivity index is 1.58. The van der Waals surface area contributed by atoms with Crippen LogP contribution in [0.2, 0.25) is 0 Å². The standard InChI is InChI=1S/C17H20N2OS/c1-13-8-11-21-16(13)17(20)18-12-14-4-6-15(7-5-14)19-9-2-3-10-19/h4-8,11H,2-3,9-10,12H2,1H3,(H,18,20). The van der Waals surface area contributed by atoms with Crippen LogP contribution >= 0.6 is 11.3 Å². The van der Waals surface area contributed by atoms with Crippen molar-refractivity contribution in [2.45, 2.75) is 26.3 Å². The summed E-state index contributed by atoms with van der Waals surface area (Å²) < 4.78 is 0. The molecular formula is C17H20N2OS. The number of thiophene rings is 1. The van der Waals surface area contributed by atoms with Gasteiger partial charge in [-0.3, -0.25) is 4.79 Å². The number of carbonyl (C=O) groups is 1. The normalized spacial score (nSPS) is 14.4. The monoisotopic (exact) mass is 300 g/mol. The zero-order valence-corrected chi connectivity index (χ0v) is 13.1. The molecule has 2 aromatic rings. The molecule has 110 valence electrons. The highest BCUT2D eigenvalue weighted by molar-refractivity contribution is 7.12. The van der Waals surface area contributed by atoms with Crippen molar-refractivity contribution in [2.75, 3.05) is 18.0 Å². The minimum Gasteiger partial charge on any atom is -0.372 e. The molecule has 1 aromatic carbocycles. The number of benzene rings is 1. The Kier molecular flexibility index (Phi) is 4.25. The molecule has 2 heterocycles. The average Bonchev–Trinajstić information content (AvgIpc) is 3.16. The van der Waals surface area contributed by atoms with Gasteiger partial charge in [0.1, 0.15) is 0 Å². The zero-order chi connectivity index (χ0) is 14.7. The van der Waals surface area contributed by atoms with Gasteiger partial charge in [-0.05, 0) is 54.5 Å². The summed E-state index contributed by atoms with van der Waals surface area (Å²) >= 11 is 1.49. The average molecular weight is 300 g/mol. The fraction of sp³-hybridized carbons (Fsp3) is 0.353. The van der Waals surface area contributed by atoms with Crippen LogP contribution in [-0.2, 0) is 6.54 Å². The number of aryl methyl sites for hydroxylation is 1. The Hall–Kier alpha value is -1.81. The SMILES string of the molecule is Cc1ccsc1C(=O)NCc1ccc(N2CCCC2)cc1. The first-order chi connectivity index (χ1) is 10.2. The molecular weight excluding hydrogens is 280 g/mol. The first-order valence-corrected chi connectivity index (χ1v) is 8.28. The van der Waals surface area contributed by atoms with E-state index in [-0.39, 0.29) is 5.91 Å². The predicted molar refractivity (Wildman–Crippen MR) is 88.1 cm³/mol. The van der Waals surface area contributed by atoms with E-state index in [1.807, 2.05) is 18.4 Å². The van der Waals surface area contributed by atoms with E-state index >= 15 is 0 Å². The lowest BCUT2D eigenvalue weighted by molar-refractivity contribution is 0.0954. The van der Waals surface area contributed by atoms with Gasteiger partial charge in [0, 0.05) is 25.3 Å². The molecule has 1 aliphatic heterocycles. The second-order valence-corrected chi connectivity index (χ2v) is 6.39. The maximum absolute atomic E-state index is 12.1. The van der Waals surface area contributed by atoms with Gasteiger partial charge in [-0.1, -0.05) is 12.1 Å². The summed E-state index contributed by atoms with van der Waals surface area (Å²) in [5, 5.41) is 4.94. The Morgan fingerprint density at radius 3 is 2.52 bits per heavy atom. The van der Waals surface area contributed by atoms with Gasteiger partial charge in [-0.25, -0.2) is 0 Å². The van der Waals surface area contributed by atoms with E-state index in [0.717, 1.165) is 29.1 Å². The van der Waals surface area contributed by atoms with E-state index in [9.17, 15) is 4.79 Å². The maximum atomic E-state index is 12.1. The van der Waals surface area contributed by atoms with Crippen LogP contribution in [0.1, 0.15) is 33.6 Å². The molecule has 4 heteroatoms. The summed E-state index contributed by atoms with van der Waals surface area (Å²) in [5.74, 6) is 0.0196. The largest absolute Gasteiger partial charge is 0.372 e. The van der Waals surface area contributed by atoms with Gasteiger partial charge in [0.25, 0.3) is 5.91 Å². The number of nitrogens with zero attached hydrogens (tertiary/aromatic N) is 1. The van der Waals surface area contributed by atoms with Crippen molar-refractivity contribution >= 4 is 22.9 Å². The summed E-state index contributed by atoms with van der Waals surface area (Å²) in [6.07, 6.45) is 2.58. The fourth-order valence-corrected chi connectivity index (χ4v) is 3.51. The van der Waals surface area contributed by atoms with Gasteiger partial charge in [0.05, 0.1) is 4.88 Å². The first-order valence-electron chi connectivity index (χ1n) is 7.40. The Labute approximate surface area is 129 Å². The highest BCUT2D eigenvalue weighted by Crippen LogP contribution is 2.20. The molecule has 1 N–H and O–H groups in total. The number of anilines is 1. The van der Waals surface area contributed by atoms with Crippen LogP contribution in [0, 0.1) is 6.92 Å². The number of rotatable bonds is 4. The van der Waals surface area contributed by atoms with Crippen LogP contribution < -0.4 is 10.2 Å². The molecule has 0 spiro atoms. The lowest BCUT2D eigenvalue weighted by Gasteiger charge is -2.17. The van der Waals surface area contributed by atoms with E-state index in [2.05, 4.69) is 34.5 Å². The number of amides is 1. The summed E-state index contributed by atoms with van der Waals surface area (Å²) in [7, 11) is 0. The molecule has 0 bridgehead atoms. The molecule has 0 unspecified atom stereocenters. The number of nitrogens with one attached hydrogen (secondary N) is 1. The number of carbonyl (C=O) groups excluding carboxylic acids is 1. The third kappa shape index (κ3) is 3.27. The Bertz CT molecular complexity index is 612. The summed E-state index contributed by atoms with van der Waals surface area (Å²) in [5.41, 5.74) is 3.47. The fourth-order valence-electron chi connectivity index (χ4n) is 2.67. The molecule has 3 nitrogen and oxygen atoms in total. The van der Waals surface area contributed by atoms with Gasteiger partial charge >= 0.3 is 0 Å². The van der Waals surface area contributed by atoms with Gasteiger partial charge < -0.3 is 10.2 Å². The van der Waals surface area contributed by atoms with Crippen molar-refractivity contribution in [2.24, 2.45) is 0 Å². The second-order valence-electron chi connectivity index (χ2n) is 5.48. The molecule has 0 atom stereocenters. The van der Waals surface area contributed by atoms with E-state index in [1.165, 1.54) is 29.9 Å². The van der Waals surface area contributed by atoms with E-state index < -0.39 is 0 Å². The molecule has 1 fully saturated rings. The molecule has 1 saturated heterocycles. The highest BCUT2D eigenvalue weighted by Gasteiger charge is 2.12. The summed E-state index contributed by atoms with van der Waals surface area (Å²) in [6, 6.07) is 10.5. The van der Waals surface area contributed by atoms with E-state index in [4.69, 9.17) is 0 Å². The van der Waals surface area contributed by atoms with Gasteiger partial charge in [0.15, 0.2) is 0 Å². The van der Waals surface area contributed by atoms with Crippen molar-refractivity contribution in [3.05, 3.63) is 51.7 Å². The van der Waals surface area contributed by atoms with Crippen molar-refractivity contribution < 1.29 is 4.79 Å². The second kappa shape index (κ2) is 6.31. The topological polar surface area (TPSA) is 32.3 Å². The van der Waals surface area contributed by atoms with Crippen LogP contribution in [0.25, 0.3) is 0 Å². The predicted octanol–water partition coefficient (Wildman–Crippen LogP) is 3.59. The minimum atomic E-state index is 0.0196. The molecule has 0 aliphatic carbocycles. The summed E-state index contributed by atoms with van der Waals surface area (Å²) in [4.78, 5) is 15.3. The Morgan fingerprint density at radius 2 is 1.90 bits per heavy atom. The van der Waals surface area contributed by atoms with Crippen molar-refractivity contribution in [3.8, 4) is 0 Å². The van der Waals surface area contributed by atoms with Crippen molar-refractivity contribution in [1.82, 2.24) is 5.32 Å². The molecule has 1 amide bonds. The lowest BCUT2D eigenvalue weighted by atomic mass is 10.2. The lowest BCUT2D eigenvalue weighted by Crippen LogP contribution is -2.22. The number of hydrogen-bond donors (Lipinski definition) is 1. The third-order valence-electron chi connectivity index (χ3n) is 3.93. The van der Waals surface area contributed by atoms with Gasteiger partial charge in [-0.2, -0.15) is 0 Å². The van der Waals surface area contributed by atoms with Crippen LogP contribution in [0.3, 0.4) is 0 Å². The molecule has 21 heavy (non-hydrogen) atoms. The maximum Gasteiger partial charge on any atom is 0.261 e. The van der Waals surface area contributed by atoms with Crippen LogP contribution in [0.5, 0.6) is 0 Å².